The Morgan fingerprint density at radius 1 is 1.47 bits per heavy atom. The predicted octanol–water partition coefficient (Wildman–Crippen LogP) is -0.845. The summed E-state index contributed by atoms with van der Waals surface area (Å²) >= 11 is 4.70. The number of sulfonamides is 1. The minimum Gasteiger partial charge on any atom is -0.392 e. The van der Waals surface area contributed by atoms with E-state index in [4.69, 9.17) is 18.0 Å². The number of thiocarbonyl (C=S) groups is 1. The molecule has 1 rings (SSSR count). The van der Waals surface area contributed by atoms with Gasteiger partial charge in [0.1, 0.15) is 5.25 Å². The topological polar surface area (TPSA) is 83.7 Å². The number of carbonyl (C=O) groups is 1. The van der Waals surface area contributed by atoms with Gasteiger partial charge in [-0.3, -0.25) is 4.79 Å². The molecule has 17 heavy (non-hydrogen) atoms. The predicted molar refractivity (Wildman–Crippen MR) is 69.0 cm³/mol. The van der Waals surface area contributed by atoms with Crippen molar-refractivity contribution in [2.75, 3.05) is 26.7 Å². The highest BCUT2D eigenvalue weighted by molar-refractivity contribution is 7.92. The zero-order chi connectivity index (χ0) is 13.2. The third kappa shape index (κ3) is 3.14. The highest BCUT2D eigenvalue weighted by atomic mass is 32.2. The van der Waals surface area contributed by atoms with Crippen molar-refractivity contribution in [3.63, 3.8) is 0 Å². The van der Waals surface area contributed by atoms with Gasteiger partial charge in [0.2, 0.25) is 15.9 Å². The number of hydrogen-bond donors (Lipinski definition) is 1. The van der Waals surface area contributed by atoms with Crippen molar-refractivity contribution in [1.29, 1.82) is 0 Å². The summed E-state index contributed by atoms with van der Waals surface area (Å²) in [5.41, 5.74) is 5.36. The highest BCUT2D eigenvalue weighted by Gasteiger charge is 2.33. The van der Waals surface area contributed by atoms with Crippen LogP contribution in [0.15, 0.2) is 0 Å². The van der Waals surface area contributed by atoms with Gasteiger partial charge in [0.05, 0.1) is 11.5 Å². The van der Waals surface area contributed by atoms with Gasteiger partial charge in [-0.2, -0.15) is 4.31 Å². The Hall–Kier alpha value is -0.730. The Bertz CT molecular complexity index is 421. The van der Waals surface area contributed by atoms with E-state index >= 15 is 0 Å². The molecular formula is C9H17N3O3S2. The molecule has 1 fully saturated rings. The van der Waals surface area contributed by atoms with Gasteiger partial charge in [-0.25, -0.2) is 8.42 Å². The lowest BCUT2D eigenvalue weighted by molar-refractivity contribution is -0.129. The van der Waals surface area contributed by atoms with Crippen LogP contribution in [-0.4, -0.2) is 60.5 Å². The molecule has 0 aromatic heterocycles. The summed E-state index contributed by atoms with van der Waals surface area (Å²) in [6, 6.07) is 0. The van der Waals surface area contributed by atoms with Crippen LogP contribution in [0.3, 0.4) is 0 Å². The first kappa shape index (κ1) is 14.3. The molecule has 1 atom stereocenters. The number of nitrogens with zero attached hydrogens (tertiary/aromatic N) is 2. The van der Waals surface area contributed by atoms with E-state index < -0.39 is 15.3 Å². The number of likely N-dealkylation sites (N-methyl/N-ethyl adjacent to an activating group) is 1. The van der Waals surface area contributed by atoms with Gasteiger partial charge in [0, 0.05) is 20.1 Å². The van der Waals surface area contributed by atoms with Crippen LogP contribution in [-0.2, 0) is 14.8 Å². The first-order chi connectivity index (χ1) is 7.76. The largest absolute Gasteiger partial charge is 0.392 e. The number of amides is 1. The Morgan fingerprint density at radius 2 is 2.06 bits per heavy atom. The molecule has 0 spiro atoms. The normalized spacial score (nSPS) is 21.1. The lowest BCUT2D eigenvalue weighted by atomic mass is 10.4. The molecule has 1 unspecified atom stereocenters. The van der Waals surface area contributed by atoms with Gasteiger partial charge in [-0.15, -0.1) is 0 Å². The molecule has 0 aromatic carbocycles. The quantitative estimate of drug-likeness (QED) is 0.681. The fourth-order valence-corrected chi connectivity index (χ4v) is 3.33. The van der Waals surface area contributed by atoms with Crippen molar-refractivity contribution in [2.24, 2.45) is 5.73 Å². The molecule has 0 radical (unpaired) electrons. The third-order valence-corrected chi connectivity index (χ3v) is 5.53. The van der Waals surface area contributed by atoms with Crippen LogP contribution in [0.5, 0.6) is 0 Å². The average Bonchev–Trinajstić information content (AvgIpc) is 2.41. The number of hydrogen-bond acceptors (Lipinski definition) is 4. The Labute approximate surface area is 107 Å². The van der Waals surface area contributed by atoms with Crippen LogP contribution < -0.4 is 5.73 Å². The van der Waals surface area contributed by atoms with Gasteiger partial charge in [-0.1, -0.05) is 12.2 Å². The van der Waals surface area contributed by atoms with Crippen LogP contribution in [0, 0.1) is 0 Å². The fraction of sp³-hybridized carbons (Fsp3) is 0.778. The van der Waals surface area contributed by atoms with Crippen molar-refractivity contribution < 1.29 is 13.2 Å². The Morgan fingerprint density at radius 3 is 2.59 bits per heavy atom. The molecule has 1 saturated heterocycles. The lowest BCUT2D eigenvalue weighted by Crippen LogP contribution is -2.45. The molecule has 0 aliphatic carbocycles. The lowest BCUT2D eigenvalue weighted by Gasteiger charge is -2.22. The molecule has 2 N–H and O–H groups in total. The van der Waals surface area contributed by atoms with E-state index in [-0.39, 0.29) is 17.4 Å². The smallest absolute Gasteiger partial charge is 0.237 e. The summed E-state index contributed by atoms with van der Waals surface area (Å²) in [6.45, 7) is 2.19. The van der Waals surface area contributed by atoms with Crippen LogP contribution in [0.1, 0.15) is 13.3 Å². The van der Waals surface area contributed by atoms with Crippen molar-refractivity contribution in [3.05, 3.63) is 0 Å². The minimum atomic E-state index is -3.62. The van der Waals surface area contributed by atoms with E-state index in [0.717, 1.165) is 0 Å². The van der Waals surface area contributed by atoms with Crippen LogP contribution in [0.2, 0.25) is 0 Å². The zero-order valence-corrected chi connectivity index (χ0v) is 11.6. The zero-order valence-electron chi connectivity index (χ0n) is 9.92. The van der Waals surface area contributed by atoms with Gasteiger partial charge in [0.25, 0.3) is 0 Å². The van der Waals surface area contributed by atoms with E-state index in [2.05, 4.69) is 0 Å². The second kappa shape index (κ2) is 5.28. The number of rotatable bonds is 3. The fourth-order valence-electron chi connectivity index (χ4n) is 1.55. The van der Waals surface area contributed by atoms with Gasteiger partial charge < -0.3 is 10.6 Å². The molecule has 6 nitrogen and oxygen atoms in total. The molecule has 0 bridgehead atoms. The molecule has 1 heterocycles. The Balaban J connectivity index is 2.92. The summed E-state index contributed by atoms with van der Waals surface area (Å²) in [6.07, 6.45) is 0.617. The van der Waals surface area contributed by atoms with Crippen molar-refractivity contribution >= 4 is 33.1 Å². The van der Waals surface area contributed by atoms with Gasteiger partial charge in [0.15, 0.2) is 0 Å². The molecule has 1 aliphatic heterocycles. The average molecular weight is 279 g/mol. The molecule has 0 saturated carbocycles. The maximum Gasteiger partial charge on any atom is 0.237 e. The van der Waals surface area contributed by atoms with E-state index in [1.54, 1.807) is 7.05 Å². The third-order valence-electron chi connectivity index (χ3n) is 2.85. The summed E-state index contributed by atoms with van der Waals surface area (Å²) in [5.74, 6) is -0.207. The highest BCUT2D eigenvalue weighted by Crippen LogP contribution is 2.13. The van der Waals surface area contributed by atoms with E-state index in [0.29, 0.717) is 19.5 Å². The standard InChI is InChI=1S/C9H17N3O3S2/c1-7(9(10)16)17(14,15)12-5-3-4-11(2)8(13)6-12/h7H,3-6H2,1-2H3,(H2,10,16). The first-order valence-corrected chi connectivity index (χ1v) is 7.20. The van der Waals surface area contributed by atoms with Crippen molar-refractivity contribution in [2.45, 2.75) is 18.6 Å². The van der Waals surface area contributed by atoms with Gasteiger partial charge in [-0.05, 0) is 13.3 Å². The van der Waals surface area contributed by atoms with Crippen molar-refractivity contribution in [1.82, 2.24) is 9.21 Å². The molecule has 98 valence electrons. The van der Waals surface area contributed by atoms with E-state index in [1.165, 1.54) is 16.1 Å². The van der Waals surface area contributed by atoms with Crippen LogP contribution in [0.4, 0.5) is 0 Å². The summed E-state index contributed by atoms with van der Waals surface area (Å²) in [4.78, 5) is 13.1. The molecular weight excluding hydrogens is 262 g/mol. The van der Waals surface area contributed by atoms with E-state index in [9.17, 15) is 13.2 Å². The van der Waals surface area contributed by atoms with E-state index in [1.807, 2.05) is 0 Å². The Kier molecular flexibility index (Phi) is 4.45. The molecule has 1 aliphatic rings. The van der Waals surface area contributed by atoms with Gasteiger partial charge >= 0.3 is 0 Å². The SMILES string of the molecule is CC(C(N)=S)S(=O)(=O)N1CCCN(C)C(=O)C1. The summed E-state index contributed by atoms with van der Waals surface area (Å²) < 4.78 is 25.4. The molecule has 8 heteroatoms. The number of nitrogens with two attached hydrogens (primary N) is 1. The van der Waals surface area contributed by atoms with Crippen LogP contribution >= 0.6 is 12.2 Å². The minimum absolute atomic E-state index is 0.0740. The second-order valence-corrected chi connectivity index (χ2v) is 6.82. The second-order valence-electron chi connectivity index (χ2n) is 4.09. The van der Waals surface area contributed by atoms with Crippen molar-refractivity contribution in [3.8, 4) is 0 Å². The first-order valence-electron chi connectivity index (χ1n) is 5.29. The van der Waals surface area contributed by atoms with Crippen LogP contribution in [0.25, 0.3) is 0 Å². The monoisotopic (exact) mass is 279 g/mol. The number of carbonyl (C=O) groups excluding carboxylic acids is 1. The maximum atomic E-state index is 12.1. The summed E-state index contributed by atoms with van der Waals surface area (Å²) in [5, 5.41) is -0.936. The molecule has 0 aromatic rings. The molecule has 1 amide bonds. The summed E-state index contributed by atoms with van der Waals surface area (Å²) in [7, 11) is -1.96. The maximum absolute atomic E-state index is 12.1.